The van der Waals surface area contributed by atoms with Crippen LogP contribution in [0.4, 0.5) is 0 Å². The highest BCUT2D eigenvalue weighted by Crippen LogP contribution is 2.23. The average Bonchev–Trinajstić information content (AvgIpc) is 2.95. The number of hydrogen-bond donors (Lipinski definition) is 2. The highest BCUT2D eigenvalue weighted by Gasteiger charge is 2.14. The van der Waals surface area contributed by atoms with Crippen LogP contribution >= 0.6 is 22.7 Å². The second-order valence-electron chi connectivity index (χ2n) is 3.67. The molecule has 0 aromatic carbocycles. The van der Waals surface area contributed by atoms with Crippen LogP contribution in [0.15, 0.2) is 29.0 Å². The van der Waals surface area contributed by atoms with E-state index in [9.17, 15) is 9.90 Å². The molecule has 0 bridgehead atoms. The number of hydrogen-bond acceptors (Lipinski definition) is 4. The summed E-state index contributed by atoms with van der Waals surface area (Å²) in [7, 11) is 0. The van der Waals surface area contributed by atoms with Gasteiger partial charge in [-0.05, 0) is 35.4 Å². The Kier molecular flexibility index (Phi) is 3.93. The van der Waals surface area contributed by atoms with Crippen LogP contribution in [0.3, 0.4) is 0 Å². The van der Waals surface area contributed by atoms with Crippen LogP contribution in [0.2, 0.25) is 0 Å². The molecule has 0 spiro atoms. The van der Waals surface area contributed by atoms with Crippen molar-refractivity contribution >= 4 is 28.6 Å². The zero-order valence-electron chi connectivity index (χ0n) is 9.34. The van der Waals surface area contributed by atoms with Crippen LogP contribution in [0, 0.1) is 6.92 Å². The van der Waals surface area contributed by atoms with Gasteiger partial charge in [0.1, 0.15) is 6.10 Å². The molecular formula is C12H13NO2S2. The van der Waals surface area contributed by atoms with E-state index in [-0.39, 0.29) is 12.5 Å². The van der Waals surface area contributed by atoms with Crippen molar-refractivity contribution in [2.45, 2.75) is 13.0 Å². The highest BCUT2D eigenvalue weighted by molar-refractivity contribution is 7.12. The molecule has 2 rings (SSSR count). The second-order valence-corrected chi connectivity index (χ2v) is 5.57. The van der Waals surface area contributed by atoms with E-state index in [4.69, 9.17) is 0 Å². The number of carbonyl (C=O) groups excluding carboxylic acids is 1. The fraction of sp³-hybridized carbons (Fsp3) is 0.250. The molecule has 0 saturated carbocycles. The van der Waals surface area contributed by atoms with E-state index in [1.54, 1.807) is 6.07 Å². The average molecular weight is 267 g/mol. The van der Waals surface area contributed by atoms with Crippen molar-refractivity contribution in [1.82, 2.24) is 5.32 Å². The maximum atomic E-state index is 11.7. The monoisotopic (exact) mass is 267 g/mol. The number of carbonyl (C=O) groups is 1. The molecule has 1 amide bonds. The molecule has 0 aliphatic heterocycles. The van der Waals surface area contributed by atoms with Crippen LogP contribution in [0.5, 0.6) is 0 Å². The molecule has 2 aromatic heterocycles. The molecule has 1 atom stereocenters. The summed E-state index contributed by atoms with van der Waals surface area (Å²) in [5, 5.41) is 16.5. The molecule has 17 heavy (non-hydrogen) atoms. The zero-order valence-corrected chi connectivity index (χ0v) is 11.0. The van der Waals surface area contributed by atoms with Gasteiger partial charge in [-0.2, -0.15) is 0 Å². The quantitative estimate of drug-likeness (QED) is 0.894. The smallest absolute Gasteiger partial charge is 0.261 e. The number of aliphatic hydroxyl groups excluding tert-OH is 1. The van der Waals surface area contributed by atoms with Gasteiger partial charge in [-0.25, -0.2) is 0 Å². The maximum absolute atomic E-state index is 11.7. The van der Waals surface area contributed by atoms with Gasteiger partial charge in [0.05, 0.1) is 4.88 Å². The van der Waals surface area contributed by atoms with Gasteiger partial charge in [-0.15, -0.1) is 22.7 Å². The summed E-state index contributed by atoms with van der Waals surface area (Å²) in [5.41, 5.74) is 1.06. The lowest BCUT2D eigenvalue weighted by atomic mass is 10.2. The zero-order chi connectivity index (χ0) is 12.3. The molecule has 0 aliphatic rings. The van der Waals surface area contributed by atoms with E-state index in [0.29, 0.717) is 4.88 Å². The van der Waals surface area contributed by atoms with Crippen LogP contribution in [0.25, 0.3) is 0 Å². The predicted octanol–water partition coefficient (Wildman–Crippen LogP) is 2.58. The molecule has 90 valence electrons. The van der Waals surface area contributed by atoms with E-state index >= 15 is 0 Å². The first-order chi connectivity index (χ1) is 8.18. The third-order valence-electron chi connectivity index (χ3n) is 2.41. The Hall–Kier alpha value is -1.17. The first-order valence-corrected chi connectivity index (χ1v) is 6.98. The van der Waals surface area contributed by atoms with Gasteiger partial charge in [0.25, 0.3) is 5.91 Å². The van der Waals surface area contributed by atoms with E-state index in [0.717, 1.165) is 10.4 Å². The van der Waals surface area contributed by atoms with Crippen LogP contribution in [0.1, 0.15) is 26.2 Å². The Morgan fingerprint density at radius 2 is 2.24 bits per heavy atom. The summed E-state index contributed by atoms with van der Waals surface area (Å²) in [4.78, 5) is 13.2. The van der Waals surface area contributed by atoms with Crippen molar-refractivity contribution in [2.24, 2.45) is 0 Å². The SMILES string of the molecule is Cc1ccsc1C(O)CNC(=O)c1cccs1. The van der Waals surface area contributed by atoms with Crippen molar-refractivity contribution < 1.29 is 9.90 Å². The minimum absolute atomic E-state index is 0.131. The Morgan fingerprint density at radius 1 is 1.41 bits per heavy atom. The Morgan fingerprint density at radius 3 is 2.82 bits per heavy atom. The topological polar surface area (TPSA) is 49.3 Å². The number of aryl methyl sites for hydroxylation is 1. The molecule has 0 aliphatic carbocycles. The lowest BCUT2D eigenvalue weighted by Crippen LogP contribution is -2.27. The van der Waals surface area contributed by atoms with Gasteiger partial charge in [0.15, 0.2) is 0 Å². The van der Waals surface area contributed by atoms with Crippen molar-refractivity contribution in [3.63, 3.8) is 0 Å². The van der Waals surface area contributed by atoms with Gasteiger partial charge in [-0.1, -0.05) is 6.07 Å². The Balaban J connectivity index is 1.91. The van der Waals surface area contributed by atoms with E-state index < -0.39 is 6.10 Å². The van der Waals surface area contributed by atoms with Gasteiger partial charge < -0.3 is 10.4 Å². The molecule has 2 aromatic rings. The number of nitrogens with one attached hydrogen (secondary N) is 1. The summed E-state index contributed by atoms with van der Waals surface area (Å²) in [6.45, 7) is 2.20. The number of thiophene rings is 2. The Bertz CT molecular complexity index is 490. The summed E-state index contributed by atoms with van der Waals surface area (Å²) in [5.74, 6) is -0.131. The molecule has 0 saturated heterocycles. The fourth-order valence-electron chi connectivity index (χ4n) is 1.50. The lowest BCUT2D eigenvalue weighted by molar-refractivity contribution is 0.0921. The summed E-state index contributed by atoms with van der Waals surface area (Å²) >= 11 is 2.90. The number of amides is 1. The second kappa shape index (κ2) is 5.44. The fourth-order valence-corrected chi connectivity index (χ4v) is 3.06. The van der Waals surface area contributed by atoms with Crippen LogP contribution in [-0.2, 0) is 0 Å². The highest BCUT2D eigenvalue weighted by atomic mass is 32.1. The minimum atomic E-state index is -0.626. The standard InChI is InChI=1S/C12H13NO2S2/c1-8-4-6-17-11(8)9(14)7-13-12(15)10-3-2-5-16-10/h2-6,9,14H,7H2,1H3,(H,13,15). The maximum Gasteiger partial charge on any atom is 0.261 e. The molecular weight excluding hydrogens is 254 g/mol. The molecule has 5 heteroatoms. The largest absolute Gasteiger partial charge is 0.386 e. The van der Waals surface area contributed by atoms with Crippen LogP contribution in [-0.4, -0.2) is 17.6 Å². The molecule has 2 heterocycles. The summed E-state index contributed by atoms with van der Waals surface area (Å²) in [6.07, 6.45) is -0.626. The Labute approximate surface area is 108 Å². The number of aliphatic hydroxyl groups is 1. The van der Waals surface area contributed by atoms with Gasteiger partial charge >= 0.3 is 0 Å². The summed E-state index contributed by atoms with van der Waals surface area (Å²) < 4.78 is 0. The lowest BCUT2D eigenvalue weighted by Gasteiger charge is -2.10. The third kappa shape index (κ3) is 2.94. The van der Waals surface area contributed by atoms with Crippen molar-refractivity contribution in [3.05, 3.63) is 44.3 Å². The molecule has 0 radical (unpaired) electrons. The normalized spacial score (nSPS) is 12.4. The molecule has 0 fully saturated rings. The van der Waals surface area contributed by atoms with E-state index in [2.05, 4.69) is 5.32 Å². The minimum Gasteiger partial charge on any atom is -0.386 e. The van der Waals surface area contributed by atoms with Gasteiger partial charge in [0, 0.05) is 11.4 Å². The first-order valence-electron chi connectivity index (χ1n) is 5.22. The van der Waals surface area contributed by atoms with Crippen molar-refractivity contribution in [3.8, 4) is 0 Å². The van der Waals surface area contributed by atoms with Gasteiger partial charge in [-0.3, -0.25) is 4.79 Å². The number of rotatable bonds is 4. The van der Waals surface area contributed by atoms with Crippen molar-refractivity contribution in [2.75, 3.05) is 6.54 Å². The molecule has 1 unspecified atom stereocenters. The third-order valence-corrected chi connectivity index (χ3v) is 4.39. The van der Waals surface area contributed by atoms with E-state index in [1.807, 2.05) is 29.8 Å². The molecule has 3 nitrogen and oxygen atoms in total. The van der Waals surface area contributed by atoms with E-state index in [1.165, 1.54) is 22.7 Å². The molecule has 2 N–H and O–H groups in total. The predicted molar refractivity (Wildman–Crippen MR) is 70.7 cm³/mol. The van der Waals surface area contributed by atoms with Crippen molar-refractivity contribution in [1.29, 1.82) is 0 Å². The summed E-state index contributed by atoms with van der Waals surface area (Å²) in [6, 6.07) is 5.56. The van der Waals surface area contributed by atoms with Gasteiger partial charge in [0.2, 0.25) is 0 Å². The first kappa shape index (κ1) is 12.3. The van der Waals surface area contributed by atoms with Crippen LogP contribution < -0.4 is 5.32 Å².